The molecule has 1 aromatic carbocycles. The van der Waals surface area contributed by atoms with Crippen molar-refractivity contribution in [1.29, 1.82) is 0 Å². The number of carbonyl (C=O) groups is 1. The Labute approximate surface area is 158 Å². The van der Waals surface area contributed by atoms with Gasteiger partial charge in [-0.3, -0.25) is 9.69 Å². The predicted molar refractivity (Wildman–Crippen MR) is 104 cm³/mol. The number of nitrogens with zero attached hydrogens (tertiary/aromatic N) is 1. The first-order valence-corrected chi connectivity index (χ1v) is 11.5. The summed E-state index contributed by atoms with van der Waals surface area (Å²) in [4.78, 5) is 17.4. The lowest BCUT2D eigenvalue weighted by atomic mass is 10.1. The largest absolute Gasteiger partial charge is 0.310 e. The number of carbonyl (C=O) groups excluding carboxylic acids is 1. The van der Waals surface area contributed by atoms with Crippen molar-refractivity contribution in [1.82, 2.24) is 0 Å². The fourth-order valence-electron chi connectivity index (χ4n) is 3.93. The van der Waals surface area contributed by atoms with E-state index in [0.29, 0.717) is 18.7 Å². The second-order valence-electron chi connectivity index (χ2n) is 7.26. The fraction of sp³-hybridized carbons (Fsp3) is 0.421. The van der Waals surface area contributed by atoms with Gasteiger partial charge in [0.1, 0.15) is 23.3 Å². The first kappa shape index (κ1) is 17.7. The predicted octanol–water partition coefficient (Wildman–Crippen LogP) is 1.55. The first-order valence-electron chi connectivity index (χ1n) is 8.86. The molecule has 138 valence electrons. The van der Waals surface area contributed by atoms with E-state index in [-0.39, 0.29) is 23.5 Å². The summed E-state index contributed by atoms with van der Waals surface area (Å²) in [6, 6.07) is 9.39. The van der Waals surface area contributed by atoms with Crippen LogP contribution < -0.4 is 9.80 Å². The van der Waals surface area contributed by atoms with Gasteiger partial charge in [0.2, 0.25) is 0 Å². The van der Waals surface area contributed by atoms with Crippen LogP contribution in [0, 0.1) is 13.8 Å². The number of nitrogens with one attached hydrogen (secondary N) is 1. The minimum Gasteiger partial charge on any atom is -0.310 e. The van der Waals surface area contributed by atoms with Crippen LogP contribution >= 0.6 is 11.3 Å². The van der Waals surface area contributed by atoms with E-state index in [1.165, 1.54) is 20.9 Å². The fourth-order valence-corrected chi connectivity index (χ4v) is 6.93. The Morgan fingerprint density at radius 1 is 1.23 bits per heavy atom. The maximum atomic E-state index is 13.2. The lowest BCUT2D eigenvalue weighted by molar-refractivity contribution is -0.936. The Kier molecular flexibility index (Phi) is 4.41. The molecular weight excluding hydrogens is 368 g/mol. The summed E-state index contributed by atoms with van der Waals surface area (Å²) in [6.45, 7) is 5.51. The lowest BCUT2D eigenvalue weighted by Gasteiger charge is -2.35. The van der Waals surface area contributed by atoms with Gasteiger partial charge < -0.3 is 4.90 Å². The van der Waals surface area contributed by atoms with Crippen LogP contribution in [0.15, 0.2) is 30.3 Å². The summed E-state index contributed by atoms with van der Waals surface area (Å²) in [5.74, 6) is 0.487. The third kappa shape index (κ3) is 3.08. The molecule has 0 saturated carbocycles. The van der Waals surface area contributed by atoms with Crippen LogP contribution in [0.2, 0.25) is 0 Å². The van der Waals surface area contributed by atoms with Gasteiger partial charge in [0.25, 0.3) is 5.91 Å². The highest BCUT2D eigenvalue weighted by Crippen LogP contribution is 2.37. The van der Waals surface area contributed by atoms with Crippen LogP contribution in [0.25, 0.3) is 0 Å². The van der Waals surface area contributed by atoms with Crippen LogP contribution in [0.5, 0.6) is 0 Å². The monoisotopic (exact) mass is 391 g/mol. The van der Waals surface area contributed by atoms with Crippen molar-refractivity contribution in [2.75, 3.05) is 23.1 Å². The average molecular weight is 392 g/mol. The Morgan fingerprint density at radius 2 is 1.96 bits per heavy atom. The van der Waals surface area contributed by atoms with E-state index in [2.05, 4.69) is 13.8 Å². The Bertz CT molecular complexity index is 951. The number of amides is 1. The van der Waals surface area contributed by atoms with Crippen LogP contribution in [-0.2, 0) is 16.4 Å². The minimum atomic E-state index is -2.94. The zero-order chi connectivity index (χ0) is 18.5. The van der Waals surface area contributed by atoms with Gasteiger partial charge in [-0.05, 0) is 31.5 Å². The number of benzene rings is 1. The molecular formula is C19H23N2O3S2+. The van der Waals surface area contributed by atoms with Gasteiger partial charge in [-0.1, -0.05) is 18.2 Å². The number of thiophene rings is 1. The zero-order valence-electron chi connectivity index (χ0n) is 15.0. The Hall–Kier alpha value is -1.70. The molecule has 0 spiro atoms. The van der Waals surface area contributed by atoms with E-state index >= 15 is 0 Å². The van der Waals surface area contributed by atoms with Crippen LogP contribution in [0.3, 0.4) is 0 Å². The second kappa shape index (κ2) is 6.48. The van der Waals surface area contributed by atoms with E-state index in [1.54, 1.807) is 11.3 Å². The van der Waals surface area contributed by atoms with E-state index in [4.69, 9.17) is 0 Å². The second-order valence-corrected chi connectivity index (χ2v) is 10.7. The molecule has 2 aliphatic rings. The van der Waals surface area contributed by atoms with Gasteiger partial charge in [0.05, 0.1) is 5.75 Å². The van der Waals surface area contributed by atoms with Crippen molar-refractivity contribution in [2.45, 2.75) is 32.9 Å². The maximum absolute atomic E-state index is 13.2. The van der Waals surface area contributed by atoms with Crippen LogP contribution in [0.4, 0.5) is 5.00 Å². The first-order chi connectivity index (χ1) is 12.4. The normalized spacial score (nSPS) is 24.5. The molecule has 2 aromatic rings. The van der Waals surface area contributed by atoms with Gasteiger partial charge in [0.15, 0.2) is 16.5 Å². The molecule has 26 heavy (non-hydrogen) atoms. The Morgan fingerprint density at radius 3 is 2.62 bits per heavy atom. The molecule has 0 aliphatic carbocycles. The van der Waals surface area contributed by atoms with Crippen molar-refractivity contribution in [3.63, 3.8) is 0 Å². The average Bonchev–Trinajstić information content (AvgIpc) is 3.14. The highest BCUT2D eigenvalue weighted by molar-refractivity contribution is 7.91. The van der Waals surface area contributed by atoms with Crippen molar-refractivity contribution in [3.8, 4) is 0 Å². The van der Waals surface area contributed by atoms with Crippen molar-refractivity contribution >= 4 is 32.1 Å². The van der Waals surface area contributed by atoms with E-state index in [0.717, 1.165) is 11.5 Å². The zero-order valence-corrected chi connectivity index (χ0v) is 16.6. The van der Waals surface area contributed by atoms with Gasteiger partial charge in [-0.25, -0.2) is 8.42 Å². The van der Waals surface area contributed by atoms with Crippen molar-refractivity contribution < 1.29 is 18.1 Å². The third-order valence-electron chi connectivity index (χ3n) is 5.57. The van der Waals surface area contributed by atoms with Gasteiger partial charge in [-0.2, -0.15) is 0 Å². The number of hydrogen-bond donors (Lipinski definition) is 1. The van der Waals surface area contributed by atoms with Crippen LogP contribution in [0.1, 0.15) is 32.8 Å². The smallest absolute Gasteiger partial charge is 0.263 e. The van der Waals surface area contributed by atoms with Gasteiger partial charge in [0, 0.05) is 22.4 Å². The molecule has 2 atom stereocenters. The topological polar surface area (TPSA) is 58.9 Å². The molecule has 7 heteroatoms. The molecule has 5 nitrogen and oxygen atoms in total. The maximum Gasteiger partial charge on any atom is 0.263 e. The molecule has 1 fully saturated rings. The summed E-state index contributed by atoms with van der Waals surface area (Å²) < 4.78 is 23.9. The molecule has 0 radical (unpaired) electrons. The standard InChI is InChI=1S/C19H22N2O3S2/c1-13-14(2)25-19-17(13)10-20(16-8-9-26(23,24)11-16)12-21(19)18(22)15-6-4-3-5-7-15/h3-7,16H,8-12H2,1-2H3/p+1. The van der Waals surface area contributed by atoms with Crippen molar-refractivity contribution in [3.05, 3.63) is 51.9 Å². The molecule has 4 rings (SSSR count). The minimum absolute atomic E-state index is 0.00819. The SMILES string of the molecule is Cc1sc2c(c1C)C[NH+](C1CCS(=O)(=O)C1)CN2C(=O)c1ccccc1. The summed E-state index contributed by atoms with van der Waals surface area (Å²) >= 11 is 1.67. The van der Waals surface area contributed by atoms with E-state index < -0.39 is 9.84 Å². The number of fused-ring (bicyclic) bond motifs is 1. The van der Waals surface area contributed by atoms with E-state index in [1.807, 2.05) is 35.2 Å². The molecule has 1 N–H and O–H groups in total. The molecule has 1 amide bonds. The quantitative estimate of drug-likeness (QED) is 0.845. The number of rotatable bonds is 2. The number of aryl methyl sites for hydroxylation is 1. The summed E-state index contributed by atoms with van der Waals surface area (Å²) in [6.07, 6.45) is 0.683. The molecule has 0 bridgehead atoms. The Balaban J connectivity index is 1.71. The van der Waals surface area contributed by atoms with Crippen LogP contribution in [-0.4, -0.2) is 38.5 Å². The number of sulfone groups is 1. The van der Waals surface area contributed by atoms with Gasteiger partial charge in [-0.15, -0.1) is 11.3 Å². The lowest BCUT2D eigenvalue weighted by Crippen LogP contribution is -3.17. The third-order valence-corrected chi connectivity index (χ3v) is 8.62. The summed E-state index contributed by atoms with van der Waals surface area (Å²) in [5, 5.41) is 1.03. The number of quaternary nitrogens is 1. The van der Waals surface area contributed by atoms with Gasteiger partial charge >= 0.3 is 0 Å². The molecule has 1 saturated heterocycles. The molecule has 3 heterocycles. The number of anilines is 1. The number of hydrogen-bond acceptors (Lipinski definition) is 4. The molecule has 1 aromatic heterocycles. The molecule has 2 unspecified atom stereocenters. The van der Waals surface area contributed by atoms with E-state index in [9.17, 15) is 13.2 Å². The highest BCUT2D eigenvalue weighted by Gasteiger charge is 2.41. The van der Waals surface area contributed by atoms with Crippen molar-refractivity contribution in [2.24, 2.45) is 0 Å². The molecule has 2 aliphatic heterocycles. The summed E-state index contributed by atoms with van der Waals surface area (Å²) in [5.41, 5.74) is 3.10. The summed E-state index contributed by atoms with van der Waals surface area (Å²) in [7, 11) is -2.94. The highest BCUT2D eigenvalue weighted by atomic mass is 32.2.